The molecule has 0 radical (unpaired) electrons. The summed E-state index contributed by atoms with van der Waals surface area (Å²) in [6, 6.07) is 41.6. The molecule has 5 saturated heterocycles. The van der Waals surface area contributed by atoms with Gasteiger partial charge >= 0.3 is 0 Å². The molecule has 0 saturated carbocycles. The van der Waals surface area contributed by atoms with Gasteiger partial charge < -0.3 is 83.1 Å². The number of ether oxygens (including phenoxy) is 1. The first-order valence-corrected chi connectivity index (χ1v) is 35.5. The van der Waals surface area contributed by atoms with Crippen LogP contribution in [0.15, 0.2) is 141 Å². The number of nitrogens with two attached hydrogens (primary N) is 1. The van der Waals surface area contributed by atoms with E-state index in [1.807, 2.05) is 30.3 Å². The van der Waals surface area contributed by atoms with Crippen molar-refractivity contribution in [1.82, 2.24) is 40.4 Å². The minimum atomic E-state index is 0. The maximum atomic E-state index is 5.99. The Kier molecular flexibility index (Phi) is 24.5. The topological polar surface area (TPSA) is 248 Å². The fourth-order valence-electron chi connectivity index (χ4n) is 11.8. The Hall–Kier alpha value is -7.56. The summed E-state index contributed by atoms with van der Waals surface area (Å²) >= 11 is 7.11. The number of aryl methyl sites for hydroxylation is 4. The quantitative estimate of drug-likeness (QED) is 0.0704. The van der Waals surface area contributed by atoms with Gasteiger partial charge in [-0.25, -0.2) is 20.0 Å². The second-order valence-corrected chi connectivity index (χ2v) is 28.9. The van der Waals surface area contributed by atoms with Gasteiger partial charge in [0.25, 0.3) is 0 Å². The largest absolute Gasteiger partial charge is 0.412 e. The number of likely N-dealkylation sites (N-methyl/N-ethyl adjacent to an activating group) is 2. The Morgan fingerprint density at radius 2 is 0.660 bits per heavy atom. The molecule has 0 unspecified atom stereocenters. The monoisotopic (exact) mass is 1350 g/mol. The number of rotatable bonds is 0. The van der Waals surface area contributed by atoms with Crippen LogP contribution in [-0.4, -0.2) is 191 Å². The average molecular weight is 1350 g/mol. The van der Waals surface area contributed by atoms with Gasteiger partial charge in [-0.3, -0.25) is 0 Å². The summed E-state index contributed by atoms with van der Waals surface area (Å²) in [7, 11) is 4.37. The number of benzene rings is 4. The number of nitrogens with one attached hydrogen (secondary N) is 7. The van der Waals surface area contributed by atoms with Crippen LogP contribution in [-0.2, 0) is 4.74 Å². The van der Waals surface area contributed by atoms with Crippen LogP contribution in [0.5, 0.6) is 0 Å². The normalized spacial score (nSPS) is 17.4. The summed E-state index contributed by atoms with van der Waals surface area (Å²) in [6.07, 6.45) is 2.56. The lowest BCUT2D eigenvalue weighted by Gasteiger charge is -2.34. The van der Waals surface area contributed by atoms with Gasteiger partial charge in [-0.15, -0.1) is 45.3 Å². The van der Waals surface area contributed by atoms with Gasteiger partial charge in [0.1, 0.15) is 43.3 Å². The van der Waals surface area contributed by atoms with Crippen molar-refractivity contribution in [2.24, 2.45) is 25.7 Å². The maximum absolute atomic E-state index is 5.99. The van der Waals surface area contributed by atoms with Crippen molar-refractivity contribution < 1.29 is 15.7 Å². The van der Waals surface area contributed by atoms with E-state index >= 15 is 0 Å². The predicted molar refractivity (Wildman–Crippen MR) is 400 cm³/mol. The number of hydrogen-bond donors (Lipinski definition) is 8. The van der Waals surface area contributed by atoms with Crippen LogP contribution in [0.2, 0.25) is 0 Å². The first-order chi connectivity index (χ1) is 45.0. The first kappa shape index (κ1) is 69.3. The molecule has 0 atom stereocenters. The molecule has 17 rings (SSSR count). The minimum Gasteiger partial charge on any atom is -0.412 e. The Bertz CT molecular complexity index is 3770. The molecule has 9 aliphatic rings. The van der Waals surface area contributed by atoms with Crippen LogP contribution < -0.4 is 43.0 Å². The summed E-state index contributed by atoms with van der Waals surface area (Å²) in [6.45, 7) is 27.7. The van der Waals surface area contributed by atoms with Crippen LogP contribution in [0, 0.1) is 27.7 Å². The highest BCUT2D eigenvalue weighted by Crippen LogP contribution is 2.43. The number of aliphatic imine (C=N–C) groups is 4. The van der Waals surface area contributed by atoms with E-state index in [9.17, 15) is 0 Å². The Labute approximate surface area is 569 Å². The lowest BCUT2D eigenvalue weighted by Crippen LogP contribution is -2.47. The van der Waals surface area contributed by atoms with Crippen LogP contribution >= 0.6 is 45.3 Å². The molecule has 9 aliphatic heterocycles. The van der Waals surface area contributed by atoms with Crippen LogP contribution in [0.1, 0.15) is 54.6 Å². The molecule has 4 aromatic carbocycles. The summed E-state index contributed by atoms with van der Waals surface area (Å²) in [5, 5.41) is 28.6. The average Bonchev–Trinajstić information content (AvgIpc) is 1.67. The zero-order chi connectivity index (χ0) is 63.3. The highest BCUT2D eigenvalue weighted by atomic mass is 32.1. The third-order valence-electron chi connectivity index (χ3n) is 16.8. The van der Waals surface area contributed by atoms with Crippen molar-refractivity contribution in [3.8, 4) is 0 Å². The summed E-state index contributed by atoms with van der Waals surface area (Å²) in [4.78, 5) is 36.6. The molecule has 13 N–H and O–H groups in total. The van der Waals surface area contributed by atoms with Crippen molar-refractivity contribution in [2.45, 2.75) is 40.5 Å². The Morgan fingerprint density at radius 3 is 0.979 bits per heavy atom. The second kappa shape index (κ2) is 33.2. The zero-order valence-corrected chi connectivity index (χ0v) is 58.1. The van der Waals surface area contributed by atoms with E-state index in [0.717, 1.165) is 192 Å². The number of thiophene rings is 4. The minimum absolute atomic E-state index is 0. The molecule has 0 aliphatic carbocycles. The maximum Gasteiger partial charge on any atom is 0.139 e. The molecule has 0 bridgehead atoms. The highest BCUT2D eigenvalue weighted by molar-refractivity contribution is 7.17. The molecule has 8 aromatic rings. The zero-order valence-electron chi connectivity index (χ0n) is 54.8. The predicted octanol–water partition coefficient (Wildman–Crippen LogP) is 11.5. The van der Waals surface area contributed by atoms with Gasteiger partial charge in [-0.2, -0.15) is 0 Å². The fourth-order valence-corrected chi connectivity index (χ4v) is 15.5. The van der Waals surface area contributed by atoms with Gasteiger partial charge in [0.05, 0.1) is 67.8 Å². The van der Waals surface area contributed by atoms with E-state index in [-0.39, 0.29) is 11.0 Å². The van der Waals surface area contributed by atoms with E-state index in [0.29, 0.717) is 5.84 Å². The molecular weight excluding hydrogens is 1260 g/mol. The van der Waals surface area contributed by atoms with E-state index in [1.165, 1.54) is 64.0 Å². The number of nitrogens with zero attached hydrogens (tertiary/aromatic N) is 9. The van der Waals surface area contributed by atoms with Crippen molar-refractivity contribution in [2.75, 3.05) is 153 Å². The Balaban J connectivity index is 0.000000129. The van der Waals surface area contributed by atoms with Crippen molar-refractivity contribution >= 4 is 134 Å². The van der Waals surface area contributed by atoms with E-state index in [1.54, 1.807) is 45.3 Å². The van der Waals surface area contributed by atoms with E-state index in [2.05, 4.69) is 199 Å². The number of amidine groups is 4. The van der Waals surface area contributed by atoms with E-state index < -0.39 is 0 Å². The lowest BCUT2D eigenvalue weighted by molar-refractivity contribution is 0.198. The second-order valence-electron chi connectivity index (χ2n) is 23.9. The number of para-hydroxylation sites is 8. The summed E-state index contributed by atoms with van der Waals surface area (Å²) in [5.41, 5.74) is 18.9. The number of anilines is 8. The van der Waals surface area contributed by atoms with Gasteiger partial charge in [0, 0.05) is 137 Å². The molecule has 94 heavy (non-hydrogen) atoms. The molecule has 4 aromatic heterocycles. The number of fused-ring (bicyclic) bond motifs is 8. The highest BCUT2D eigenvalue weighted by Gasteiger charge is 2.29. The van der Waals surface area contributed by atoms with Crippen molar-refractivity contribution in [3.05, 3.63) is 163 Å². The van der Waals surface area contributed by atoms with Crippen molar-refractivity contribution in [3.63, 3.8) is 0 Å². The fraction of sp³-hybridized carbons (Fsp3) is 0.371. The molecule has 20 nitrogen and oxygen atoms in total. The molecule has 498 valence electrons. The lowest BCUT2D eigenvalue weighted by atomic mass is 10.2. The Morgan fingerprint density at radius 1 is 0.372 bits per heavy atom. The molecule has 5 fully saturated rings. The molecule has 0 amide bonds. The molecule has 24 heteroatoms. The molecular formula is C70H91N17O3S4. The van der Waals surface area contributed by atoms with Gasteiger partial charge in [-0.05, 0) is 127 Å². The summed E-state index contributed by atoms with van der Waals surface area (Å²) in [5.74, 6) is 3.92. The van der Waals surface area contributed by atoms with Gasteiger partial charge in [-0.1, -0.05) is 48.5 Å². The third-order valence-corrected chi connectivity index (χ3v) is 20.6. The van der Waals surface area contributed by atoms with E-state index in [4.69, 9.17) is 25.4 Å². The van der Waals surface area contributed by atoms with Crippen LogP contribution in [0.4, 0.5) is 65.5 Å². The van der Waals surface area contributed by atoms with Gasteiger partial charge in [0.15, 0.2) is 0 Å². The first-order valence-electron chi connectivity index (χ1n) is 32.3. The van der Waals surface area contributed by atoms with Crippen LogP contribution in [0.25, 0.3) is 0 Å². The smallest absolute Gasteiger partial charge is 0.139 e. The molecule has 13 heterocycles. The number of hydrogen-bond acceptors (Lipinski definition) is 22. The summed E-state index contributed by atoms with van der Waals surface area (Å²) < 4.78 is 4.94. The SMILES string of the molecule is C1CCOC1.C1CNCCN1.Cc1cc2c(s1)Nc1ccccc1N=C2N.Cc1cc2c(s1)Nc1ccccc1N=C2N1CCN(C)CC1.Cc1cc2c(s1)Nc1ccccc1N=C2N1CCN(C)CC1.Cc1cc2c(s1)Nc1ccccc1N=C2N1CCNCC1.O.O. The van der Waals surface area contributed by atoms with Crippen LogP contribution in [0.3, 0.4) is 0 Å². The number of piperazine rings is 4. The van der Waals surface area contributed by atoms with Gasteiger partial charge in [0.2, 0.25) is 0 Å². The third kappa shape index (κ3) is 17.5. The standard InChI is InChI=1S/2C17H20N4S.C16H18N4S.C12H11N3S.C4H10N2.C4H8O.2H2O/c2*1-12-11-13-16(21-9-7-20(2)8-10-21)18-14-5-3-4-6-15(14)19-17(13)22-12;1-11-10-12-15(20-8-6-17-7-9-20)18-13-4-2-3-5-14(13)19-16(12)21-11;1-7-6-8-11(13)14-9-4-2-3-5-10(9)15-12(8)16-7;1-2-6-4-3-5-1;1-2-4-5-3-1;;/h2*3-6,11,19H,7-10H2,1-2H3;2-5,10,17,19H,6-9H2,1H3;2-6,15H,1H3,(H2,13,14);5-6H,1-4H2;1-4H2;2*1H2. The van der Waals surface area contributed by atoms with Crippen molar-refractivity contribution in [1.29, 1.82) is 0 Å². The molecule has 0 spiro atoms.